The van der Waals surface area contributed by atoms with E-state index in [0.29, 0.717) is 0 Å². The number of hydrogen-bond acceptors (Lipinski definition) is 3. The molecule has 2 aromatic rings. The lowest BCUT2D eigenvalue weighted by Gasteiger charge is -2.35. The molecule has 1 aromatic heterocycles. The highest BCUT2D eigenvalue weighted by atomic mass is 79.9. The Morgan fingerprint density at radius 1 is 1.14 bits per heavy atom. The maximum absolute atomic E-state index is 12.5. The maximum Gasteiger partial charge on any atom is 0.255 e. The molecule has 0 radical (unpaired) electrons. The predicted molar refractivity (Wildman–Crippen MR) is 88.7 cm³/mol. The Morgan fingerprint density at radius 3 is 2.59 bits per heavy atom. The maximum atomic E-state index is 12.5. The summed E-state index contributed by atoms with van der Waals surface area (Å²) in [4.78, 5) is 20.9. The summed E-state index contributed by atoms with van der Waals surface area (Å²) >= 11 is 3.46. The molecule has 0 unspecified atom stereocenters. The number of imidazole rings is 1. The molecule has 0 bridgehead atoms. The molecule has 6 heteroatoms. The van der Waals surface area contributed by atoms with Crippen LogP contribution in [0.15, 0.2) is 47.5 Å². The summed E-state index contributed by atoms with van der Waals surface area (Å²) in [5.41, 5.74) is 0.745. The van der Waals surface area contributed by atoms with E-state index in [2.05, 4.69) is 30.4 Å². The van der Waals surface area contributed by atoms with Gasteiger partial charge in [0, 0.05) is 56.1 Å². The van der Waals surface area contributed by atoms with Crippen LogP contribution < -0.4 is 0 Å². The first-order valence-corrected chi connectivity index (χ1v) is 8.25. The van der Waals surface area contributed by atoms with Crippen LogP contribution in [-0.2, 0) is 6.54 Å². The summed E-state index contributed by atoms with van der Waals surface area (Å²) in [7, 11) is 0. The van der Waals surface area contributed by atoms with Gasteiger partial charge in [-0.25, -0.2) is 4.98 Å². The Morgan fingerprint density at radius 2 is 1.91 bits per heavy atom. The van der Waals surface area contributed by atoms with Gasteiger partial charge in [-0.2, -0.15) is 0 Å². The molecule has 0 saturated carbocycles. The lowest BCUT2D eigenvalue weighted by Crippen LogP contribution is -2.49. The number of benzene rings is 1. The fourth-order valence-corrected chi connectivity index (χ4v) is 3.11. The Kier molecular flexibility index (Phi) is 4.90. The average Bonchev–Trinajstić information content (AvgIpc) is 3.07. The van der Waals surface area contributed by atoms with E-state index in [1.807, 2.05) is 41.7 Å². The zero-order valence-corrected chi connectivity index (χ0v) is 13.9. The van der Waals surface area contributed by atoms with E-state index in [-0.39, 0.29) is 5.91 Å². The second-order valence-electron chi connectivity index (χ2n) is 5.41. The highest BCUT2D eigenvalue weighted by molar-refractivity contribution is 9.10. The minimum atomic E-state index is 0.113. The lowest BCUT2D eigenvalue weighted by atomic mass is 10.2. The largest absolute Gasteiger partial charge is 0.336 e. The van der Waals surface area contributed by atoms with E-state index in [0.717, 1.165) is 49.3 Å². The molecular formula is C16H19BrN4O. The Balaban J connectivity index is 1.51. The number of nitrogens with zero attached hydrogens (tertiary/aromatic N) is 4. The third kappa shape index (κ3) is 3.56. The van der Waals surface area contributed by atoms with E-state index >= 15 is 0 Å². The number of piperazine rings is 1. The van der Waals surface area contributed by atoms with Crippen molar-refractivity contribution in [2.75, 3.05) is 32.7 Å². The smallest absolute Gasteiger partial charge is 0.255 e. The topological polar surface area (TPSA) is 41.4 Å². The molecule has 1 aliphatic rings. The first-order chi connectivity index (χ1) is 10.7. The summed E-state index contributed by atoms with van der Waals surface area (Å²) in [6, 6.07) is 7.61. The molecular weight excluding hydrogens is 344 g/mol. The third-order valence-electron chi connectivity index (χ3n) is 4.00. The fourth-order valence-electron chi connectivity index (χ4n) is 2.66. The molecule has 1 amide bonds. The number of halogens is 1. The van der Waals surface area contributed by atoms with Gasteiger partial charge in [-0.3, -0.25) is 9.69 Å². The quantitative estimate of drug-likeness (QED) is 0.836. The number of hydrogen-bond donors (Lipinski definition) is 0. The molecule has 116 valence electrons. The first kappa shape index (κ1) is 15.2. The van der Waals surface area contributed by atoms with E-state index in [1.165, 1.54) is 0 Å². The number of carbonyl (C=O) groups is 1. The van der Waals surface area contributed by atoms with Crippen molar-refractivity contribution in [2.45, 2.75) is 6.54 Å². The van der Waals surface area contributed by atoms with Crippen molar-refractivity contribution in [1.29, 1.82) is 0 Å². The monoisotopic (exact) mass is 362 g/mol. The highest BCUT2D eigenvalue weighted by Gasteiger charge is 2.22. The van der Waals surface area contributed by atoms with Crippen LogP contribution in [0.2, 0.25) is 0 Å². The zero-order valence-electron chi connectivity index (χ0n) is 12.4. The van der Waals surface area contributed by atoms with Gasteiger partial charge >= 0.3 is 0 Å². The number of rotatable bonds is 4. The van der Waals surface area contributed by atoms with Crippen LogP contribution in [0.25, 0.3) is 0 Å². The number of aromatic nitrogens is 2. The molecule has 0 atom stereocenters. The molecule has 1 saturated heterocycles. The van der Waals surface area contributed by atoms with Gasteiger partial charge in [0.2, 0.25) is 0 Å². The van der Waals surface area contributed by atoms with Gasteiger partial charge in [0.05, 0.1) is 11.9 Å². The van der Waals surface area contributed by atoms with E-state index in [4.69, 9.17) is 0 Å². The van der Waals surface area contributed by atoms with Crippen LogP contribution in [0.4, 0.5) is 0 Å². The number of amides is 1. The van der Waals surface area contributed by atoms with Crippen molar-refractivity contribution < 1.29 is 4.79 Å². The molecule has 1 fully saturated rings. The second kappa shape index (κ2) is 7.07. The lowest BCUT2D eigenvalue weighted by molar-refractivity contribution is 0.0632. The van der Waals surface area contributed by atoms with Crippen LogP contribution in [0.3, 0.4) is 0 Å². The molecule has 2 heterocycles. The minimum absolute atomic E-state index is 0.113. The highest BCUT2D eigenvalue weighted by Crippen LogP contribution is 2.18. The van der Waals surface area contributed by atoms with Crippen LogP contribution in [0, 0.1) is 0 Å². The van der Waals surface area contributed by atoms with Gasteiger partial charge in [0.15, 0.2) is 0 Å². The first-order valence-electron chi connectivity index (χ1n) is 7.46. The van der Waals surface area contributed by atoms with Gasteiger partial charge < -0.3 is 9.47 Å². The molecule has 5 nitrogen and oxygen atoms in total. The van der Waals surface area contributed by atoms with Gasteiger partial charge in [-0.1, -0.05) is 12.1 Å². The molecule has 0 N–H and O–H groups in total. The predicted octanol–water partition coefficient (Wildman–Crippen LogP) is 2.10. The summed E-state index contributed by atoms with van der Waals surface area (Å²) < 4.78 is 2.95. The summed E-state index contributed by atoms with van der Waals surface area (Å²) in [5, 5.41) is 0. The van der Waals surface area contributed by atoms with Crippen LogP contribution in [0.1, 0.15) is 10.4 Å². The summed E-state index contributed by atoms with van der Waals surface area (Å²) in [6.45, 7) is 5.34. The SMILES string of the molecule is O=C(c1ccccc1Br)N1CCN(CCn2ccnc2)CC1. The Bertz CT molecular complexity index is 621. The number of carbonyl (C=O) groups excluding carboxylic acids is 1. The van der Waals surface area contributed by atoms with E-state index < -0.39 is 0 Å². The van der Waals surface area contributed by atoms with Crippen molar-refractivity contribution in [3.63, 3.8) is 0 Å². The van der Waals surface area contributed by atoms with Crippen molar-refractivity contribution in [3.05, 3.63) is 53.0 Å². The molecule has 0 spiro atoms. The summed E-state index contributed by atoms with van der Waals surface area (Å²) in [6.07, 6.45) is 5.62. The van der Waals surface area contributed by atoms with Crippen molar-refractivity contribution >= 4 is 21.8 Å². The van der Waals surface area contributed by atoms with Crippen molar-refractivity contribution in [1.82, 2.24) is 19.4 Å². The molecule has 1 aliphatic heterocycles. The van der Waals surface area contributed by atoms with Crippen LogP contribution in [-0.4, -0.2) is 58.0 Å². The molecule has 0 aliphatic carbocycles. The molecule has 3 rings (SSSR count). The normalized spacial score (nSPS) is 16.0. The average molecular weight is 363 g/mol. The Labute approximate surface area is 138 Å². The van der Waals surface area contributed by atoms with Gasteiger partial charge in [-0.15, -0.1) is 0 Å². The van der Waals surface area contributed by atoms with Gasteiger partial charge in [0.25, 0.3) is 5.91 Å². The van der Waals surface area contributed by atoms with Crippen molar-refractivity contribution in [2.24, 2.45) is 0 Å². The third-order valence-corrected chi connectivity index (χ3v) is 4.69. The Hall–Kier alpha value is -1.66. The van der Waals surface area contributed by atoms with E-state index in [9.17, 15) is 4.79 Å². The van der Waals surface area contributed by atoms with Crippen LogP contribution >= 0.6 is 15.9 Å². The molecule has 22 heavy (non-hydrogen) atoms. The summed E-state index contributed by atoms with van der Waals surface area (Å²) in [5.74, 6) is 0.113. The zero-order chi connectivity index (χ0) is 15.4. The standard InChI is InChI=1S/C16H19BrN4O/c17-15-4-2-1-3-14(15)16(22)21-11-9-19(10-12-21)7-8-20-6-5-18-13-20/h1-6,13H,7-12H2. The van der Waals surface area contributed by atoms with Gasteiger partial charge in [-0.05, 0) is 28.1 Å². The van der Waals surface area contributed by atoms with Crippen LogP contribution in [0.5, 0.6) is 0 Å². The molecule has 1 aromatic carbocycles. The van der Waals surface area contributed by atoms with E-state index in [1.54, 1.807) is 6.20 Å². The second-order valence-corrected chi connectivity index (χ2v) is 6.27. The fraction of sp³-hybridized carbons (Fsp3) is 0.375. The van der Waals surface area contributed by atoms with Crippen molar-refractivity contribution in [3.8, 4) is 0 Å². The van der Waals surface area contributed by atoms with Gasteiger partial charge in [0.1, 0.15) is 0 Å². The minimum Gasteiger partial charge on any atom is -0.336 e.